The van der Waals surface area contributed by atoms with E-state index in [1.807, 2.05) is 18.2 Å². The molecule has 4 nitrogen and oxygen atoms in total. The molecule has 0 saturated carbocycles. The van der Waals surface area contributed by atoms with Gasteiger partial charge in [-0.1, -0.05) is 72.8 Å². The van der Waals surface area contributed by atoms with Gasteiger partial charge in [0, 0.05) is 44.8 Å². The molecule has 0 aliphatic carbocycles. The maximum atomic E-state index is 5.94. The highest BCUT2D eigenvalue weighted by Crippen LogP contribution is 2.30. The van der Waals surface area contributed by atoms with E-state index in [0.29, 0.717) is 5.82 Å². The second-order valence-corrected chi connectivity index (χ2v) is 8.93. The number of aromatic nitrogens is 1. The molecule has 5 rings (SSSR count). The van der Waals surface area contributed by atoms with Crippen molar-refractivity contribution in [1.29, 1.82) is 0 Å². The van der Waals surface area contributed by atoms with Gasteiger partial charge in [0.25, 0.3) is 0 Å². The molecule has 1 aromatic heterocycles. The fourth-order valence-electron chi connectivity index (χ4n) is 4.85. The van der Waals surface area contributed by atoms with Crippen LogP contribution in [0, 0.1) is 0 Å². The molecule has 0 bridgehead atoms. The van der Waals surface area contributed by atoms with Gasteiger partial charge in [-0.2, -0.15) is 0 Å². The maximum Gasteiger partial charge on any atom is 0.124 e. The lowest BCUT2D eigenvalue weighted by atomic mass is 9.96. The summed E-state index contributed by atoms with van der Waals surface area (Å²) >= 11 is 0. The van der Waals surface area contributed by atoms with Gasteiger partial charge in [-0.3, -0.25) is 0 Å². The number of nitrogens with two attached hydrogens (primary N) is 1. The minimum atomic E-state index is 0.559. The zero-order valence-electron chi connectivity index (χ0n) is 19.2. The summed E-state index contributed by atoms with van der Waals surface area (Å²) in [5, 5.41) is 2.57. The summed E-state index contributed by atoms with van der Waals surface area (Å²) in [6.45, 7) is 6.88. The molecule has 0 radical (unpaired) electrons. The number of rotatable bonds is 7. The van der Waals surface area contributed by atoms with Crippen LogP contribution < -0.4 is 5.73 Å². The zero-order chi connectivity index (χ0) is 22.5. The number of hydrogen-bond acceptors (Lipinski definition) is 4. The molecule has 0 unspecified atom stereocenters. The molecule has 33 heavy (non-hydrogen) atoms. The lowest BCUT2D eigenvalue weighted by molar-refractivity contribution is 0.134. The van der Waals surface area contributed by atoms with E-state index in [-0.39, 0.29) is 0 Å². The van der Waals surface area contributed by atoms with Gasteiger partial charge in [-0.15, -0.1) is 0 Å². The minimum Gasteiger partial charge on any atom is -0.384 e. The Kier molecular flexibility index (Phi) is 6.66. The zero-order valence-corrected chi connectivity index (χ0v) is 19.2. The highest BCUT2D eigenvalue weighted by atomic mass is 15.3. The number of fused-ring (bicyclic) bond motifs is 1. The van der Waals surface area contributed by atoms with Crippen LogP contribution in [-0.4, -0.2) is 54.1 Å². The maximum absolute atomic E-state index is 5.94. The van der Waals surface area contributed by atoms with Crippen molar-refractivity contribution in [1.82, 2.24) is 14.8 Å². The molecule has 168 valence electrons. The van der Waals surface area contributed by atoms with Crippen LogP contribution in [0.2, 0.25) is 0 Å². The summed E-state index contributed by atoms with van der Waals surface area (Å²) in [5.74, 6) is 0.559. The SMILES string of the molecule is Nc1cccc(-c2ccc(CCN3CCN(CCc4ccccc4)CC3)c3ccccc23)n1. The second-order valence-electron chi connectivity index (χ2n) is 8.93. The van der Waals surface area contributed by atoms with E-state index in [9.17, 15) is 0 Å². The van der Waals surface area contributed by atoms with Gasteiger partial charge < -0.3 is 15.5 Å². The molecule has 2 heterocycles. The average molecular weight is 437 g/mol. The molecule has 1 fully saturated rings. The smallest absolute Gasteiger partial charge is 0.124 e. The standard InChI is InChI=1S/C29H32N4/c30-29-12-6-11-28(31-29)27-14-13-24(25-9-4-5-10-26(25)27)16-18-33-21-19-32(20-22-33)17-15-23-7-2-1-3-8-23/h1-14H,15-22H2,(H2,30,31). The van der Waals surface area contributed by atoms with Gasteiger partial charge in [0.15, 0.2) is 0 Å². The Balaban J connectivity index is 1.21. The van der Waals surface area contributed by atoms with Crippen LogP contribution in [0.3, 0.4) is 0 Å². The summed E-state index contributed by atoms with van der Waals surface area (Å²) in [7, 11) is 0. The van der Waals surface area contributed by atoms with Crippen LogP contribution in [0.15, 0.2) is 84.9 Å². The Morgan fingerprint density at radius 2 is 1.30 bits per heavy atom. The number of nitrogens with zero attached hydrogens (tertiary/aromatic N) is 3. The van der Waals surface area contributed by atoms with Crippen molar-refractivity contribution in [3.63, 3.8) is 0 Å². The molecule has 0 amide bonds. The summed E-state index contributed by atoms with van der Waals surface area (Å²) in [5.41, 5.74) is 10.9. The van der Waals surface area contributed by atoms with Crippen molar-refractivity contribution in [3.05, 3.63) is 96.1 Å². The molecule has 4 aromatic rings. The van der Waals surface area contributed by atoms with Crippen LogP contribution in [0.4, 0.5) is 5.82 Å². The molecule has 3 aromatic carbocycles. The molecule has 2 N–H and O–H groups in total. The summed E-state index contributed by atoms with van der Waals surface area (Å²) in [6.07, 6.45) is 2.20. The van der Waals surface area contributed by atoms with Crippen molar-refractivity contribution in [2.24, 2.45) is 0 Å². The van der Waals surface area contributed by atoms with Crippen LogP contribution in [0.25, 0.3) is 22.0 Å². The van der Waals surface area contributed by atoms with E-state index in [1.54, 1.807) is 0 Å². The topological polar surface area (TPSA) is 45.4 Å². The van der Waals surface area contributed by atoms with Crippen LogP contribution in [0.1, 0.15) is 11.1 Å². The molecule has 0 atom stereocenters. The predicted molar refractivity (Wildman–Crippen MR) is 138 cm³/mol. The van der Waals surface area contributed by atoms with Gasteiger partial charge in [-0.05, 0) is 46.9 Å². The first-order chi connectivity index (χ1) is 16.3. The molecular weight excluding hydrogens is 404 g/mol. The van der Waals surface area contributed by atoms with Gasteiger partial charge >= 0.3 is 0 Å². The Labute approximate surface area is 196 Å². The number of pyridine rings is 1. The lowest BCUT2D eigenvalue weighted by Crippen LogP contribution is -2.47. The van der Waals surface area contributed by atoms with Gasteiger partial charge in [-0.25, -0.2) is 4.98 Å². The van der Waals surface area contributed by atoms with E-state index in [1.165, 1.54) is 21.9 Å². The van der Waals surface area contributed by atoms with Crippen molar-refractivity contribution in [3.8, 4) is 11.3 Å². The van der Waals surface area contributed by atoms with Crippen LogP contribution >= 0.6 is 0 Å². The second kappa shape index (κ2) is 10.2. The number of nitrogen functional groups attached to an aromatic ring is 1. The summed E-state index contributed by atoms with van der Waals surface area (Å²) < 4.78 is 0. The Hall–Kier alpha value is -3.21. The molecule has 4 heteroatoms. The number of anilines is 1. The monoisotopic (exact) mass is 436 g/mol. The molecule has 1 saturated heterocycles. The van der Waals surface area contributed by atoms with E-state index < -0.39 is 0 Å². The lowest BCUT2D eigenvalue weighted by Gasteiger charge is -2.34. The van der Waals surface area contributed by atoms with Gasteiger partial charge in [0.1, 0.15) is 5.82 Å². The van der Waals surface area contributed by atoms with Crippen molar-refractivity contribution < 1.29 is 0 Å². The van der Waals surface area contributed by atoms with E-state index in [4.69, 9.17) is 5.73 Å². The van der Waals surface area contributed by atoms with E-state index in [0.717, 1.165) is 63.4 Å². The van der Waals surface area contributed by atoms with Gasteiger partial charge in [0.2, 0.25) is 0 Å². The third-order valence-corrected chi connectivity index (χ3v) is 6.78. The molecular formula is C29H32N4. The van der Waals surface area contributed by atoms with Crippen molar-refractivity contribution in [2.45, 2.75) is 12.8 Å². The highest BCUT2D eigenvalue weighted by molar-refractivity contribution is 5.97. The number of benzene rings is 3. The molecule has 1 aliphatic heterocycles. The average Bonchev–Trinajstić information content (AvgIpc) is 2.87. The molecule has 1 aliphatic rings. The Morgan fingerprint density at radius 3 is 2.03 bits per heavy atom. The quantitative estimate of drug-likeness (QED) is 0.448. The van der Waals surface area contributed by atoms with E-state index in [2.05, 4.69) is 81.5 Å². The largest absolute Gasteiger partial charge is 0.384 e. The number of piperazine rings is 1. The summed E-state index contributed by atoms with van der Waals surface area (Å²) in [6, 6.07) is 29.8. The van der Waals surface area contributed by atoms with Crippen molar-refractivity contribution in [2.75, 3.05) is 45.0 Å². The number of hydrogen-bond donors (Lipinski definition) is 1. The molecule has 0 spiro atoms. The first kappa shape index (κ1) is 21.6. The third-order valence-electron chi connectivity index (χ3n) is 6.78. The first-order valence-electron chi connectivity index (χ1n) is 12.0. The Morgan fingerprint density at radius 1 is 0.636 bits per heavy atom. The minimum absolute atomic E-state index is 0.559. The fourth-order valence-corrected chi connectivity index (χ4v) is 4.85. The van der Waals surface area contributed by atoms with Gasteiger partial charge in [0.05, 0.1) is 5.69 Å². The first-order valence-corrected chi connectivity index (χ1v) is 12.0. The van der Waals surface area contributed by atoms with E-state index >= 15 is 0 Å². The highest BCUT2D eigenvalue weighted by Gasteiger charge is 2.17. The van der Waals surface area contributed by atoms with Crippen LogP contribution in [0.5, 0.6) is 0 Å². The van der Waals surface area contributed by atoms with Crippen LogP contribution in [-0.2, 0) is 12.8 Å². The third kappa shape index (κ3) is 5.24. The summed E-state index contributed by atoms with van der Waals surface area (Å²) in [4.78, 5) is 9.76. The fraction of sp³-hybridized carbons (Fsp3) is 0.276. The van der Waals surface area contributed by atoms with Crippen molar-refractivity contribution >= 4 is 16.6 Å². The normalized spacial score (nSPS) is 15.2. The predicted octanol–water partition coefficient (Wildman–Crippen LogP) is 4.89. The Bertz CT molecular complexity index is 1200.